The van der Waals surface area contributed by atoms with E-state index in [4.69, 9.17) is 16.3 Å². The maximum atomic E-state index is 12.6. The molecule has 0 aliphatic rings. The standard InChI is InChI=1S/C18H17ClF3NO2S/c19-15-6-4-13(5-7-15)12-26-9-8-23-17(24)11-25-16-3-1-2-14(10-16)18(20,21)22/h1-7,10H,8-9,11-12H2,(H,23,24). The Morgan fingerprint density at radius 1 is 1.15 bits per heavy atom. The van der Waals surface area contributed by atoms with Crippen molar-refractivity contribution in [1.29, 1.82) is 0 Å². The molecule has 0 radical (unpaired) electrons. The van der Waals surface area contributed by atoms with Crippen molar-refractivity contribution in [3.8, 4) is 5.75 Å². The first-order valence-corrected chi connectivity index (χ1v) is 9.27. The van der Waals surface area contributed by atoms with Crippen LogP contribution >= 0.6 is 23.4 Å². The van der Waals surface area contributed by atoms with Gasteiger partial charge in [0.15, 0.2) is 6.61 Å². The van der Waals surface area contributed by atoms with Gasteiger partial charge in [0, 0.05) is 23.1 Å². The van der Waals surface area contributed by atoms with Crippen LogP contribution in [0.2, 0.25) is 5.02 Å². The number of alkyl halides is 3. The van der Waals surface area contributed by atoms with Crippen LogP contribution in [-0.4, -0.2) is 24.8 Å². The van der Waals surface area contributed by atoms with E-state index in [1.807, 2.05) is 24.3 Å². The Morgan fingerprint density at radius 2 is 1.88 bits per heavy atom. The minimum Gasteiger partial charge on any atom is -0.484 e. The molecule has 3 nitrogen and oxygen atoms in total. The molecule has 0 fully saturated rings. The van der Waals surface area contributed by atoms with Gasteiger partial charge < -0.3 is 10.1 Å². The number of ether oxygens (including phenoxy) is 1. The molecule has 0 aliphatic heterocycles. The number of hydrogen-bond donors (Lipinski definition) is 1. The number of hydrogen-bond acceptors (Lipinski definition) is 3. The van der Waals surface area contributed by atoms with Crippen molar-refractivity contribution < 1.29 is 22.7 Å². The van der Waals surface area contributed by atoms with Crippen LogP contribution in [0.4, 0.5) is 13.2 Å². The molecule has 1 amide bonds. The molecule has 2 rings (SSSR count). The monoisotopic (exact) mass is 403 g/mol. The van der Waals surface area contributed by atoms with E-state index in [1.165, 1.54) is 12.1 Å². The number of thioether (sulfide) groups is 1. The second-order valence-electron chi connectivity index (χ2n) is 5.34. The molecule has 2 aromatic rings. The quantitative estimate of drug-likeness (QED) is 0.644. The minimum absolute atomic E-state index is 0.00656. The zero-order valence-electron chi connectivity index (χ0n) is 13.7. The van der Waals surface area contributed by atoms with Gasteiger partial charge in [-0.2, -0.15) is 24.9 Å². The van der Waals surface area contributed by atoms with E-state index in [9.17, 15) is 18.0 Å². The van der Waals surface area contributed by atoms with E-state index >= 15 is 0 Å². The van der Waals surface area contributed by atoms with Crippen molar-refractivity contribution in [2.75, 3.05) is 18.9 Å². The van der Waals surface area contributed by atoms with Gasteiger partial charge in [0.2, 0.25) is 0 Å². The zero-order chi connectivity index (χ0) is 19.0. The fourth-order valence-electron chi connectivity index (χ4n) is 2.00. The fraction of sp³-hybridized carbons (Fsp3) is 0.278. The number of amides is 1. The topological polar surface area (TPSA) is 38.3 Å². The Kier molecular flexibility index (Phi) is 7.66. The number of nitrogens with one attached hydrogen (secondary N) is 1. The Hall–Kier alpha value is -1.86. The summed E-state index contributed by atoms with van der Waals surface area (Å²) >= 11 is 7.46. The molecule has 0 saturated carbocycles. The van der Waals surface area contributed by atoms with E-state index in [1.54, 1.807) is 11.8 Å². The highest BCUT2D eigenvalue weighted by Crippen LogP contribution is 2.31. The third kappa shape index (κ3) is 7.17. The minimum atomic E-state index is -4.44. The lowest BCUT2D eigenvalue weighted by atomic mass is 10.2. The summed E-state index contributed by atoms with van der Waals surface area (Å²) in [5, 5.41) is 3.35. The summed E-state index contributed by atoms with van der Waals surface area (Å²) < 4.78 is 42.9. The number of rotatable bonds is 8. The molecule has 140 valence electrons. The lowest BCUT2D eigenvalue weighted by Crippen LogP contribution is -2.30. The van der Waals surface area contributed by atoms with Gasteiger partial charge >= 0.3 is 6.18 Å². The number of carbonyl (C=O) groups is 1. The van der Waals surface area contributed by atoms with Crippen molar-refractivity contribution in [3.05, 3.63) is 64.7 Å². The van der Waals surface area contributed by atoms with Gasteiger partial charge in [-0.15, -0.1) is 0 Å². The summed E-state index contributed by atoms with van der Waals surface area (Å²) in [6.07, 6.45) is -4.44. The normalized spacial score (nSPS) is 11.2. The summed E-state index contributed by atoms with van der Waals surface area (Å²) in [4.78, 5) is 11.7. The van der Waals surface area contributed by atoms with Gasteiger partial charge in [0.05, 0.1) is 5.56 Å². The first kappa shape index (κ1) is 20.5. The zero-order valence-corrected chi connectivity index (χ0v) is 15.3. The van der Waals surface area contributed by atoms with Crippen molar-refractivity contribution >= 4 is 29.3 Å². The predicted octanol–water partition coefficient (Wildman–Crippen LogP) is 4.79. The second kappa shape index (κ2) is 9.73. The average molecular weight is 404 g/mol. The molecule has 0 unspecified atom stereocenters. The molecule has 0 aliphatic carbocycles. The van der Waals surface area contributed by atoms with Gasteiger partial charge in [-0.05, 0) is 35.9 Å². The molecule has 0 aromatic heterocycles. The Morgan fingerprint density at radius 3 is 2.58 bits per heavy atom. The first-order valence-electron chi connectivity index (χ1n) is 7.73. The molecule has 0 saturated heterocycles. The third-order valence-corrected chi connectivity index (χ3v) is 4.56. The molecular weight excluding hydrogens is 387 g/mol. The smallest absolute Gasteiger partial charge is 0.416 e. The van der Waals surface area contributed by atoms with Crippen LogP contribution in [0.5, 0.6) is 5.75 Å². The molecule has 2 aromatic carbocycles. The molecule has 0 spiro atoms. The van der Waals surface area contributed by atoms with Crippen LogP contribution < -0.4 is 10.1 Å². The van der Waals surface area contributed by atoms with E-state index in [0.29, 0.717) is 17.3 Å². The van der Waals surface area contributed by atoms with Gasteiger partial charge in [-0.3, -0.25) is 4.79 Å². The summed E-state index contributed by atoms with van der Waals surface area (Å²) in [6, 6.07) is 12.0. The molecule has 0 bridgehead atoms. The second-order valence-corrected chi connectivity index (χ2v) is 6.88. The number of carbonyl (C=O) groups excluding carboxylic acids is 1. The first-order chi connectivity index (χ1) is 12.3. The summed E-state index contributed by atoms with van der Waals surface area (Å²) in [5.74, 6) is 1.13. The Bertz CT molecular complexity index is 723. The highest BCUT2D eigenvalue weighted by Gasteiger charge is 2.30. The molecule has 0 atom stereocenters. The van der Waals surface area contributed by atoms with Crippen molar-refractivity contribution in [3.63, 3.8) is 0 Å². The Labute approximate surface area is 158 Å². The number of halogens is 4. The van der Waals surface area contributed by atoms with Crippen LogP contribution in [0.3, 0.4) is 0 Å². The summed E-state index contributed by atoms with van der Waals surface area (Å²) in [7, 11) is 0. The molecule has 26 heavy (non-hydrogen) atoms. The highest BCUT2D eigenvalue weighted by molar-refractivity contribution is 7.98. The van der Waals surface area contributed by atoms with Gasteiger partial charge in [0.1, 0.15) is 5.75 Å². The lowest BCUT2D eigenvalue weighted by Gasteiger charge is -2.10. The third-order valence-electron chi connectivity index (χ3n) is 3.28. The van der Waals surface area contributed by atoms with Crippen LogP contribution in [0, 0.1) is 0 Å². The summed E-state index contributed by atoms with van der Waals surface area (Å²) in [6.45, 7) is 0.117. The van der Waals surface area contributed by atoms with Crippen molar-refractivity contribution in [2.24, 2.45) is 0 Å². The van der Waals surface area contributed by atoms with Gasteiger partial charge in [-0.25, -0.2) is 0 Å². The van der Waals surface area contributed by atoms with E-state index in [0.717, 1.165) is 23.4 Å². The fourth-order valence-corrected chi connectivity index (χ4v) is 2.94. The molecule has 0 heterocycles. The van der Waals surface area contributed by atoms with Crippen molar-refractivity contribution in [2.45, 2.75) is 11.9 Å². The molecule has 1 N–H and O–H groups in total. The summed E-state index contributed by atoms with van der Waals surface area (Å²) in [5.41, 5.74) is 0.326. The van der Waals surface area contributed by atoms with Gasteiger partial charge in [0.25, 0.3) is 5.91 Å². The van der Waals surface area contributed by atoms with Crippen molar-refractivity contribution in [1.82, 2.24) is 5.32 Å². The predicted molar refractivity (Wildman–Crippen MR) is 97.6 cm³/mol. The highest BCUT2D eigenvalue weighted by atomic mass is 35.5. The van der Waals surface area contributed by atoms with E-state index < -0.39 is 11.7 Å². The maximum absolute atomic E-state index is 12.6. The Balaban J connectivity index is 1.64. The van der Waals surface area contributed by atoms with Crippen LogP contribution in [0.15, 0.2) is 48.5 Å². The molecule has 8 heteroatoms. The van der Waals surface area contributed by atoms with E-state index in [2.05, 4.69) is 5.32 Å². The van der Waals surface area contributed by atoms with Gasteiger partial charge in [-0.1, -0.05) is 29.8 Å². The van der Waals surface area contributed by atoms with Crippen LogP contribution in [0.1, 0.15) is 11.1 Å². The number of benzene rings is 2. The van der Waals surface area contributed by atoms with E-state index in [-0.39, 0.29) is 18.3 Å². The maximum Gasteiger partial charge on any atom is 0.416 e. The molecular formula is C18H17ClF3NO2S. The van der Waals surface area contributed by atoms with Crippen LogP contribution in [-0.2, 0) is 16.7 Å². The largest absolute Gasteiger partial charge is 0.484 e. The SMILES string of the molecule is O=C(COc1cccc(C(F)(F)F)c1)NCCSCc1ccc(Cl)cc1. The average Bonchev–Trinajstić information content (AvgIpc) is 2.61. The van der Waals surface area contributed by atoms with Crippen LogP contribution in [0.25, 0.3) is 0 Å². The lowest BCUT2D eigenvalue weighted by molar-refractivity contribution is -0.137.